The molecule has 3 aromatic carbocycles. The third-order valence-corrected chi connectivity index (χ3v) is 6.11. The van der Waals surface area contributed by atoms with Crippen molar-refractivity contribution in [2.45, 2.75) is 33.3 Å². The van der Waals surface area contributed by atoms with Crippen LogP contribution >= 0.6 is 15.9 Å². The smallest absolute Gasteiger partial charge is 0.315 e. The third-order valence-electron chi connectivity index (χ3n) is 5.61. The van der Waals surface area contributed by atoms with Crippen molar-refractivity contribution in [3.63, 3.8) is 0 Å². The van der Waals surface area contributed by atoms with E-state index in [-0.39, 0.29) is 35.3 Å². The number of halogens is 1. The topological polar surface area (TPSA) is 109 Å². The number of nitrogens with zero attached hydrogens (tertiary/aromatic N) is 4. The molecule has 0 unspecified atom stereocenters. The molecule has 0 saturated heterocycles. The first kappa shape index (κ1) is 26.0. The Morgan fingerprint density at radius 1 is 1.19 bits per heavy atom. The van der Waals surface area contributed by atoms with Gasteiger partial charge in [-0.25, -0.2) is 4.98 Å². The van der Waals surface area contributed by atoms with Gasteiger partial charge in [0.25, 0.3) is 5.56 Å². The zero-order valence-electron chi connectivity index (χ0n) is 20.8. The van der Waals surface area contributed by atoms with Crippen molar-refractivity contribution in [3.05, 3.63) is 102 Å². The van der Waals surface area contributed by atoms with Gasteiger partial charge in [0.2, 0.25) is 5.75 Å². The first-order valence-corrected chi connectivity index (χ1v) is 12.3. The zero-order valence-corrected chi connectivity index (χ0v) is 22.4. The largest absolute Gasteiger partial charge is 0.493 e. The number of benzene rings is 3. The molecule has 4 aromatic rings. The van der Waals surface area contributed by atoms with Crippen LogP contribution in [-0.2, 0) is 6.61 Å². The van der Waals surface area contributed by atoms with Gasteiger partial charge in [0.1, 0.15) is 12.4 Å². The monoisotopic (exact) mass is 564 g/mol. The highest BCUT2D eigenvalue weighted by Crippen LogP contribution is 2.38. The number of nitro groups is 1. The Morgan fingerprint density at radius 3 is 2.65 bits per heavy atom. The lowest BCUT2D eigenvalue weighted by molar-refractivity contribution is -0.386. The van der Waals surface area contributed by atoms with E-state index >= 15 is 0 Å². The maximum absolute atomic E-state index is 13.3. The van der Waals surface area contributed by atoms with Crippen LogP contribution in [0.15, 0.2) is 69.0 Å². The molecule has 37 heavy (non-hydrogen) atoms. The molecule has 0 aliphatic carbocycles. The molecule has 10 heteroatoms. The van der Waals surface area contributed by atoms with E-state index in [1.165, 1.54) is 24.1 Å². The standard InChI is InChI=1S/C27H25BrN4O5/c1-16(2)26-30-22-9-8-20(28)13-21(22)27(33)31(26)29-14-19-11-23(32(34)35)25(24(12-19)36-4)37-15-18-7-5-6-17(3)10-18/h5-14,16H,15H2,1-4H3. The van der Waals surface area contributed by atoms with Crippen molar-refractivity contribution in [1.29, 1.82) is 0 Å². The number of hydrogen-bond donors (Lipinski definition) is 0. The summed E-state index contributed by atoms with van der Waals surface area (Å²) >= 11 is 3.39. The fourth-order valence-corrected chi connectivity index (χ4v) is 4.21. The molecule has 0 atom stereocenters. The molecule has 4 rings (SSSR count). The molecule has 9 nitrogen and oxygen atoms in total. The summed E-state index contributed by atoms with van der Waals surface area (Å²) in [6.45, 7) is 5.91. The van der Waals surface area contributed by atoms with Crippen molar-refractivity contribution in [3.8, 4) is 11.5 Å². The van der Waals surface area contributed by atoms with Crippen molar-refractivity contribution in [1.82, 2.24) is 9.66 Å². The van der Waals surface area contributed by atoms with Crippen molar-refractivity contribution < 1.29 is 14.4 Å². The summed E-state index contributed by atoms with van der Waals surface area (Å²) in [4.78, 5) is 29.3. The van der Waals surface area contributed by atoms with E-state index in [0.29, 0.717) is 22.3 Å². The number of methoxy groups -OCH3 is 1. The molecular formula is C27H25BrN4O5. The summed E-state index contributed by atoms with van der Waals surface area (Å²) in [7, 11) is 1.41. The summed E-state index contributed by atoms with van der Waals surface area (Å²) in [5.74, 6) is 0.568. The number of nitro benzene ring substituents is 1. The molecule has 0 spiro atoms. The van der Waals surface area contributed by atoms with Gasteiger partial charge in [-0.15, -0.1) is 0 Å². The van der Waals surface area contributed by atoms with E-state index in [4.69, 9.17) is 9.47 Å². The Labute approximate surface area is 221 Å². The lowest BCUT2D eigenvalue weighted by Gasteiger charge is -2.13. The van der Waals surface area contributed by atoms with Crippen LogP contribution in [0, 0.1) is 17.0 Å². The minimum absolute atomic E-state index is 0.0171. The van der Waals surface area contributed by atoms with Crippen molar-refractivity contribution in [2.75, 3.05) is 7.11 Å². The molecule has 1 heterocycles. The van der Waals surface area contributed by atoms with Crippen LogP contribution in [-0.4, -0.2) is 27.9 Å². The van der Waals surface area contributed by atoms with Gasteiger partial charge in [0.15, 0.2) is 5.75 Å². The molecule has 0 N–H and O–H groups in total. The predicted molar refractivity (Wildman–Crippen MR) is 146 cm³/mol. The summed E-state index contributed by atoms with van der Waals surface area (Å²) < 4.78 is 13.2. The number of fused-ring (bicyclic) bond motifs is 1. The Kier molecular flexibility index (Phi) is 7.68. The number of ether oxygens (including phenoxy) is 2. The summed E-state index contributed by atoms with van der Waals surface area (Å²) in [5.41, 5.74) is 2.24. The molecule has 0 saturated carbocycles. The Balaban J connectivity index is 1.76. The fraction of sp³-hybridized carbons (Fsp3) is 0.222. The molecule has 0 bridgehead atoms. The van der Waals surface area contributed by atoms with Gasteiger partial charge in [-0.05, 0) is 36.8 Å². The number of aromatic nitrogens is 2. The Bertz CT molecular complexity index is 1580. The first-order chi connectivity index (χ1) is 17.7. The quantitative estimate of drug-likeness (QED) is 0.148. The van der Waals surface area contributed by atoms with Crippen LogP contribution in [0.2, 0.25) is 0 Å². The van der Waals surface area contributed by atoms with Crippen LogP contribution in [0.3, 0.4) is 0 Å². The minimum Gasteiger partial charge on any atom is -0.493 e. The van der Waals surface area contributed by atoms with Gasteiger partial charge in [0, 0.05) is 22.0 Å². The molecule has 0 amide bonds. The van der Waals surface area contributed by atoms with Crippen LogP contribution < -0.4 is 15.0 Å². The van der Waals surface area contributed by atoms with Gasteiger partial charge in [0.05, 0.1) is 29.2 Å². The summed E-state index contributed by atoms with van der Waals surface area (Å²) in [6.07, 6.45) is 1.37. The number of rotatable bonds is 8. The molecular weight excluding hydrogens is 540 g/mol. The molecule has 0 aliphatic rings. The van der Waals surface area contributed by atoms with E-state index in [1.807, 2.05) is 51.1 Å². The molecule has 1 aromatic heterocycles. The highest BCUT2D eigenvalue weighted by atomic mass is 79.9. The lowest BCUT2D eigenvalue weighted by atomic mass is 10.1. The normalized spacial score (nSPS) is 11.4. The highest BCUT2D eigenvalue weighted by molar-refractivity contribution is 9.10. The van der Waals surface area contributed by atoms with Gasteiger partial charge in [-0.2, -0.15) is 9.78 Å². The number of hydrogen-bond acceptors (Lipinski definition) is 7. The first-order valence-electron chi connectivity index (χ1n) is 11.5. The second-order valence-electron chi connectivity index (χ2n) is 8.75. The summed E-state index contributed by atoms with van der Waals surface area (Å²) in [5, 5.41) is 16.7. The maximum Gasteiger partial charge on any atom is 0.315 e. The van der Waals surface area contributed by atoms with E-state index < -0.39 is 4.92 Å². The maximum atomic E-state index is 13.3. The van der Waals surface area contributed by atoms with Gasteiger partial charge >= 0.3 is 5.69 Å². The molecule has 0 aliphatic heterocycles. The number of aryl methyl sites for hydroxylation is 1. The SMILES string of the molecule is COc1cc(C=Nn2c(C(C)C)nc3ccc(Br)cc3c2=O)cc([N+](=O)[O-])c1OCc1cccc(C)c1. The average molecular weight is 565 g/mol. The van der Waals surface area contributed by atoms with Crippen molar-refractivity contribution >= 4 is 38.7 Å². The fourth-order valence-electron chi connectivity index (χ4n) is 3.85. The Hall–Kier alpha value is -4.05. The molecule has 190 valence electrons. The highest BCUT2D eigenvalue weighted by Gasteiger charge is 2.22. The second-order valence-corrected chi connectivity index (χ2v) is 9.67. The van der Waals surface area contributed by atoms with E-state index in [0.717, 1.165) is 15.6 Å². The van der Waals surface area contributed by atoms with Crippen LogP contribution in [0.25, 0.3) is 10.9 Å². The van der Waals surface area contributed by atoms with Crippen molar-refractivity contribution in [2.24, 2.45) is 5.10 Å². The lowest BCUT2D eigenvalue weighted by Crippen LogP contribution is -2.23. The molecule has 0 fully saturated rings. The third kappa shape index (κ3) is 5.69. The van der Waals surface area contributed by atoms with E-state index in [1.54, 1.807) is 18.2 Å². The van der Waals surface area contributed by atoms with Crippen LogP contribution in [0.5, 0.6) is 11.5 Å². The van der Waals surface area contributed by atoms with Crippen LogP contribution in [0.1, 0.15) is 42.3 Å². The van der Waals surface area contributed by atoms with E-state index in [2.05, 4.69) is 26.0 Å². The van der Waals surface area contributed by atoms with Gasteiger partial charge in [-0.1, -0.05) is 59.6 Å². The Morgan fingerprint density at radius 2 is 1.97 bits per heavy atom. The second kappa shape index (κ2) is 10.9. The van der Waals surface area contributed by atoms with Gasteiger partial charge in [-0.3, -0.25) is 14.9 Å². The predicted octanol–water partition coefficient (Wildman–Crippen LogP) is 5.97. The molecule has 0 radical (unpaired) electrons. The summed E-state index contributed by atoms with van der Waals surface area (Å²) in [6, 6.07) is 15.9. The van der Waals surface area contributed by atoms with Crippen LogP contribution in [0.4, 0.5) is 5.69 Å². The average Bonchev–Trinajstić information content (AvgIpc) is 2.86. The minimum atomic E-state index is -0.535. The van der Waals surface area contributed by atoms with Gasteiger partial charge < -0.3 is 9.47 Å². The zero-order chi connectivity index (χ0) is 26.7. The van der Waals surface area contributed by atoms with E-state index in [9.17, 15) is 14.9 Å².